The lowest BCUT2D eigenvalue weighted by molar-refractivity contribution is -0.141. The van der Waals surface area contributed by atoms with Crippen LogP contribution in [0.4, 0.5) is 5.13 Å². The molecule has 2 atom stereocenters. The van der Waals surface area contributed by atoms with Gasteiger partial charge in [-0.2, -0.15) is 0 Å². The monoisotopic (exact) mass is 246 g/mol. The Labute approximate surface area is 96.3 Å². The molecule has 1 heterocycles. The van der Waals surface area contributed by atoms with Crippen molar-refractivity contribution >= 4 is 34.0 Å². The van der Waals surface area contributed by atoms with Crippen LogP contribution in [0.15, 0.2) is 5.38 Å². The van der Waals surface area contributed by atoms with Crippen LogP contribution in [0, 0.1) is 5.92 Å². The van der Waals surface area contributed by atoms with Crippen molar-refractivity contribution < 1.29 is 9.90 Å². The molecular weight excluding hydrogens is 236 g/mol. The smallest absolute Gasteiger partial charge is 0.306 e. The van der Waals surface area contributed by atoms with Crippen molar-refractivity contribution in [3.8, 4) is 0 Å². The molecule has 0 unspecified atom stereocenters. The van der Waals surface area contributed by atoms with Crippen LogP contribution >= 0.6 is 22.9 Å². The lowest BCUT2D eigenvalue weighted by Gasteiger charge is -2.10. The van der Waals surface area contributed by atoms with Gasteiger partial charge in [-0.05, 0) is 19.3 Å². The molecular formula is C9H11ClN2O2S. The van der Waals surface area contributed by atoms with E-state index in [1.165, 1.54) is 11.3 Å². The van der Waals surface area contributed by atoms with Gasteiger partial charge in [-0.3, -0.25) is 4.79 Å². The average Bonchev–Trinajstić information content (AvgIpc) is 2.76. The van der Waals surface area contributed by atoms with Crippen molar-refractivity contribution in [2.75, 3.05) is 5.32 Å². The summed E-state index contributed by atoms with van der Waals surface area (Å²) in [7, 11) is 0. The van der Waals surface area contributed by atoms with Crippen LogP contribution in [0.5, 0.6) is 0 Å². The Balaban J connectivity index is 1.90. The summed E-state index contributed by atoms with van der Waals surface area (Å²) in [5, 5.41) is 15.1. The second kappa shape index (κ2) is 4.37. The molecule has 82 valence electrons. The SMILES string of the molecule is O=C(O)[C@@H]1CC[C@H](Nc2nc(Cl)cs2)C1. The Morgan fingerprint density at radius 1 is 1.67 bits per heavy atom. The number of nitrogens with one attached hydrogen (secondary N) is 1. The fraction of sp³-hybridized carbons (Fsp3) is 0.556. The highest BCUT2D eigenvalue weighted by molar-refractivity contribution is 7.14. The Kier molecular flexibility index (Phi) is 3.11. The molecule has 1 fully saturated rings. The van der Waals surface area contributed by atoms with E-state index < -0.39 is 5.97 Å². The largest absolute Gasteiger partial charge is 0.481 e. The summed E-state index contributed by atoms with van der Waals surface area (Å²) in [6.07, 6.45) is 2.30. The molecule has 2 N–H and O–H groups in total. The van der Waals surface area contributed by atoms with Gasteiger partial charge in [0, 0.05) is 11.4 Å². The van der Waals surface area contributed by atoms with Crippen LogP contribution in [0.2, 0.25) is 5.15 Å². The van der Waals surface area contributed by atoms with Crippen LogP contribution < -0.4 is 5.32 Å². The molecule has 1 aromatic rings. The highest BCUT2D eigenvalue weighted by Gasteiger charge is 2.29. The zero-order valence-corrected chi connectivity index (χ0v) is 9.51. The van der Waals surface area contributed by atoms with Gasteiger partial charge in [0.15, 0.2) is 5.13 Å². The zero-order chi connectivity index (χ0) is 10.8. The van der Waals surface area contributed by atoms with Crippen molar-refractivity contribution in [3.63, 3.8) is 0 Å². The zero-order valence-electron chi connectivity index (χ0n) is 7.94. The Morgan fingerprint density at radius 3 is 3.00 bits per heavy atom. The third kappa shape index (κ3) is 2.60. The van der Waals surface area contributed by atoms with Crippen molar-refractivity contribution in [2.24, 2.45) is 5.92 Å². The van der Waals surface area contributed by atoms with E-state index in [4.69, 9.17) is 16.7 Å². The van der Waals surface area contributed by atoms with E-state index in [0.29, 0.717) is 11.6 Å². The normalized spacial score (nSPS) is 25.4. The summed E-state index contributed by atoms with van der Waals surface area (Å²) in [5.41, 5.74) is 0. The molecule has 1 aromatic heterocycles. The maximum Gasteiger partial charge on any atom is 0.306 e. The summed E-state index contributed by atoms with van der Waals surface area (Å²) >= 11 is 7.13. The lowest BCUT2D eigenvalue weighted by Crippen LogP contribution is -2.17. The first-order valence-electron chi connectivity index (χ1n) is 4.75. The van der Waals surface area contributed by atoms with Gasteiger partial charge in [-0.25, -0.2) is 4.98 Å². The van der Waals surface area contributed by atoms with E-state index in [1.54, 1.807) is 5.38 Å². The number of anilines is 1. The molecule has 0 saturated heterocycles. The molecule has 0 radical (unpaired) electrons. The Morgan fingerprint density at radius 2 is 2.47 bits per heavy atom. The number of aliphatic carboxylic acids is 1. The van der Waals surface area contributed by atoms with Crippen LogP contribution in [-0.4, -0.2) is 22.1 Å². The number of aromatic nitrogens is 1. The fourth-order valence-electron chi connectivity index (χ4n) is 1.83. The summed E-state index contributed by atoms with van der Waals surface area (Å²) in [6, 6.07) is 0.216. The molecule has 1 aliphatic rings. The molecule has 1 saturated carbocycles. The number of carboxylic acid groups (broad SMARTS) is 1. The molecule has 4 nitrogen and oxygen atoms in total. The second-order valence-corrected chi connectivity index (χ2v) is 4.91. The van der Waals surface area contributed by atoms with Crippen LogP contribution in [0.1, 0.15) is 19.3 Å². The maximum atomic E-state index is 10.7. The summed E-state index contributed by atoms with van der Waals surface area (Å²) < 4.78 is 0. The summed E-state index contributed by atoms with van der Waals surface area (Å²) in [4.78, 5) is 14.8. The third-order valence-electron chi connectivity index (χ3n) is 2.59. The van der Waals surface area contributed by atoms with E-state index in [2.05, 4.69) is 10.3 Å². The molecule has 0 bridgehead atoms. The van der Waals surface area contributed by atoms with Crippen LogP contribution in [0.3, 0.4) is 0 Å². The maximum absolute atomic E-state index is 10.7. The number of hydrogen-bond acceptors (Lipinski definition) is 4. The predicted molar refractivity (Wildman–Crippen MR) is 59.5 cm³/mol. The van der Waals surface area contributed by atoms with E-state index >= 15 is 0 Å². The van der Waals surface area contributed by atoms with Crippen molar-refractivity contribution in [3.05, 3.63) is 10.5 Å². The topological polar surface area (TPSA) is 62.2 Å². The number of rotatable bonds is 3. The number of nitrogens with zero attached hydrogens (tertiary/aromatic N) is 1. The first kappa shape index (κ1) is 10.7. The molecule has 0 aliphatic heterocycles. The molecule has 15 heavy (non-hydrogen) atoms. The van der Waals surface area contributed by atoms with Crippen LogP contribution in [0.25, 0.3) is 0 Å². The van der Waals surface area contributed by atoms with E-state index in [0.717, 1.165) is 18.0 Å². The van der Waals surface area contributed by atoms with Gasteiger partial charge in [-0.1, -0.05) is 11.6 Å². The fourth-order valence-corrected chi connectivity index (χ4v) is 2.75. The minimum absolute atomic E-state index is 0.210. The number of carboxylic acids is 1. The first-order chi connectivity index (χ1) is 7.15. The van der Waals surface area contributed by atoms with Gasteiger partial charge in [0.05, 0.1) is 5.92 Å². The van der Waals surface area contributed by atoms with E-state index in [9.17, 15) is 4.79 Å². The van der Waals surface area contributed by atoms with Gasteiger partial charge in [0.2, 0.25) is 0 Å². The van der Waals surface area contributed by atoms with E-state index in [1.807, 2.05) is 0 Å². The van der Waals surface area contributed by atoms with E-state index in [-0.39, 0.29) is 12.0 Å². The predicted octanol–water partition coefficient (Wildman–Crippen LogP) is 2.46. The minimum atomic E-state index is -0.698. The number of thiazole rings is 1. The first-order valence-corrected chi connectivity index (χ1v) is 6.01. The van der Waals surface area contributed by atoms with Gasteiger partial charge in [0.1, 0.15) is 5.15 Å². The molecule has 0 spiro atoms. The number of hydrogen-bond donors (Lipinski definition) is 2. The van der Waals surface area contributed by atoms with Crippen LogP contribution in [-0.2, 0) is 4.79 Å². The van der Waals surface area contributed by atoms with Gasteiger partial charge < -0.3 is 10.4 Å². The van der Waals surface area contributed by atoms with Gasteiger partial charge in [-0.15, -0.1) is 11.3 Å². The molecule has 0 aromatic carbocycles. The standard InChI is InChI=1S/C9H11ClN2O2S/c10-7-4-15-9(12-7)11-6-2-1-5(3-6)8(13)14/h4-6H,1-3H2,(H,11,12)(H,13,14)/t5-,6+/m1/s1. The molecule has 2 rings (SSSR count). The second-order valence-electron chi connectivity index (χ2n) is 3.66. The van der Waals surface area contributed by atoms with Gasteiger partial charge >= 0.3 is 5.97 Å². The third-order valence-corrected chi connectivity index (χ3v) is 3.68. The highest BCUT2D eigenvalue weighted by atomic mass is 35.5. The van der Waals surface area contributed by atoms with Crippen molar-refractivity contribution in [1.29, 1.82) is 0 Å². The quantitative estimate of drug-likeness (QED) is 0.860. The van der Waals surface area contributed by atoms with Crippen molar-refractivity contribution in [1.82, 2.24) is 4.98 Å². The minimum Gasteiger partial charge on any atom is -0.481 e. The molecule has 0 amide bonds. The Bertz CT molecular complexity index is 369. The Hall–Kier alpha value is -0.810. The number of halogens is 1. The summed E-state index contributed by atoms with van der Waals surface area (Å²) in [6.45, 7) is 0. The highest BCUT2D eigenvalue weighted by Crippen LogP contribution is 2.29. The van der Waals surface area contributed by atoms with Crippen molar-refractivity contribution in [2.45, 2.75) is 25.3 Å². The number of carbonyl (C=O) groups is 1. The average molecular weight is 247 g/mol. The molecule has 6 heteroatoms. The molecule has 1 aliphatic carbocycles. The lowest BCUT2D eigenvalue weighted by atomic mass is 10.1. The van der Waals surface area contributed by atoms with Gasteiger partial charge in [0.25, 0.3) is 0 Å². The summed E-state index contributed by atoms with van der Waals surface area (Å²) in [5.74, 6) is -0.908.